The molecule has 1 heterocycles. The van der Waals surface area contributed by atoms with Crippen LogP contribution in [0.15, 0.2) is 46.2 Å². The Bertz CT molecular complexity index is 626. The fourth-order valence-electron chi connectivity index (χ4n) is 1.91. The number of para-hydroxylation sites is 1. The van der Waals surface area contributed by atoms with Crippen molar-refractivity contribution in [3.8, 4) is 17.2 Å². The molecule has 19 heavy (non-hydrogen) atoms. The van der Waals surface area contributed by atoms with E-state index in [1.165, 1.54) is 17.8 Å². The number of benzene rings is 2. The van der Waals surface area contributed by atoms with E-state index in [4.69, 9.17) is 9.47 Å². The predicted octanol–water partition coefficient (Wildman–Crippen LogP) is 4.87. The normalized spacial score (nSPS) is 12.6. The second kappa shape index (κ2) is 4.78. The molecule has 0 amide bonds. The zero-order valence-corrected chi connectivity index (χ0v) is 11.5. The van der Waals surface area contributed by atoms with E-state index in [0.29, 0.717) is 16.4 Å². The van der Waals surface area contributed by atoms with E-state index >= 15 is 0 Å². The van der Waals surface area contributed by atoms with Crippen LogP contribution in [0.4, 0.5) is 4.39 Å². The molecule has 0 N–H and O–H groups in total. The molecule has 1 aliphatic rings. The highest BCUT2D eigenvalue weighted by molar-refractivity contribution is 7.99. The van der Waals surface area contributed by atoms with Crippen LogP contribution in [0.25, 0.3) is 0 Å². The van der Waals surface area contributed by atoms with Gasteiger partial charge in [0.25, 0.3) is 0 Å². The van der Waals surface area contributed by atoms with Crippen LogP contribution in [0.5, 0.6) is 17.2 Å². The average Bonchev–Trinajstić information content (AvgIpc) is 2.36. The summed E-state index contributed by atoms with van der Waals surface area (Å²) in [6, 6.07) is 10.7. The first-order valence-electron chi connectivity index (χ1n) is 6.08. The zero-order chi connectivity index (χ0) is 13.4. The Morgan fingerprint density at radius 3 is 2.74 bits per heavy atom. The summed E-state index contributed by atoms with van der Waals surface area (Å²) in [6.45, 7) is 3.81. The van der Waals surface area contributed by atoms with Crippen molar-refractivity contribution < 1.29 is 13.9 Å². The van der Waals surface area contributed by atoms with E-state index in [9.17, 15) is 4.39 Å². The number of ether oxygens (including phenoxy) is 2. The van der Waals surface area contributed by atoms with Gasteiger partial charge in [-0.05, 0) is 26.0 Å². The quantitative estimate of drug-likeness (QED) is 0.665. The maximum absolute atomic E-state index is 14.1. The van der Waals surface area contributed by atoms with Gasteiger partial charge < -0.3 is 9.47 Å². The molecule has 0 aliphatic carbocycles. The van der Waals surface area contributed by atoms with E-state index < -0.39 is 0 Å². The van der Waals surface area contributed by atoms with Gasteiger partial charge in [0.1, 0.15) is 23.1 Å². The molecule has 2 nitrogen and oxygen atoms in total. The molecule has 0 bridgehead atoms. The summed E-state index contributed by atoms with van der Waals surface area (Å²) in [5.41, 5.74) is 0. The van der Waals surface area contributed by atoms with Crippen molar-refractivity contribution in [2.45, 2.75) is 29.7 Å². The largest absolute Gasteiger partial charge is 0.491 e. The van der Waals surface area contributed by atoms with Gasteiger partial charge in [-0.25, -0.2) is 4.39 Å². The highest BCUT2D eigenvalue weighted by Gasteiger charge is 2.22. The minimum absolute atomic E-state index is 0.000907. The second-order valence-electron chi connectivity index (χ2n) is 4.55. The molecule has 0 atom stereocenters. The third kappa shape index (κ3) is 2.40. The summed E-state index contributed by atoms with van der Waals surface area (Å²) < 4.78 is 25.4. The molecule has 0 saturated heterocycles. The van der Waals surface area contributed by atoms with Crippen molar-refractivity contribution in [3.05, 3.63) is 42.2 Å². The van der Waals surface area contributed by atoms with Crippen LogP contribution in [0.3, 0.4) is 0 Å². The van der Waals surface area contributed by atoms with Gasteiger partial charge in [-0.2, -0.15) is 0 Å². The van der Waals surface area contributed by atoms with Crippen LogP contribution < -0.4 is 9.47 Å². The Morgan fingerprint density at radius 2 is 1.95 bits per heavy atom. The lowest BCUT2D eigenvalue weighted by atomic mass is 10.3. The van der Waals surface area contributed by atoms with Gasteiger partial charge in [0, 0.05) is 12.1 Å². The van der Waals surface area contributed by atoms with Crippen molar-refractivity contribution in [2.75, 3.05) is 0 Å². The van der Waals surface area contributed by atoms with Gasteiger partial charge in [-0.15, -0.1) is 0 Å². The van der Waals surface area contributed by atoms with Crippen LogP contribution in [-0.2, 0) is 0 Å². The smallest absolute Gasteiger partial charge is 0.148 e. The summed E-state index contributed by atoms with van der Waals surface area (Å²) in [6.07, 6.45) is 0.000907. The Morgan fingerprint density at radius 1 is 1.16 bits per heavy atom. The van der Waals surface area contributed by atoms with Gasteiger partial charge >= 0.3 is 0 Å². The lowest BCUT2D eigenvalue weighted by molar-refractivity contribution is 0.240. The van der Waals surface area contributed by atoms with E-state index in [0.717, 1.165) is 10.6 Å². The molecule has 0 unspecified atom stereocenters. The topological polar surface area (TPSA) is 18.5 Å². The van der Waals surface area contributed by atoms with Crippen LogP contribution in [0, 0.1) is 5.82 Å². The van der Waals surface area contributed by atoms with Gasteiger partial charge in [-0.1, -0.05) is 23.9 Å². The Hall–Kier alpha value is -1.68. The number of hydrogen-bond donors (Lipinski definition) is 0. The van der Waals surface area contributed by atoms with Crippen LogP contribution in [0.1, 0.15) is 13.8 Å². The van der Waals surface area contributed by atoms with Crippen molar-refractivity contribution >= 4 is 11.8 Å². The first-order chi connectivity index (χ1) is 9.13. The van der Waals surface area contributed by atoms with Gasteiger partial charge in [0.2, 0.25) is 0 Å². The Labute approximate surface area is 115 Å². The highest BCUT2D eigenvalue weighted by atomic mass is 32.2. The summed E-state index contributed by atoms with van der Waals surface area (Å²) in [4.78, 5) is 1.43. The van der Waals surface area contributed by atoms with Crippen LogP contribution in [0.2, 0.25) is 0 Å². The van der Waals surface area contributed by atoms with Crippen molar-refractivity contribution in [1.29, 1.82) is 0 Å². The molecule has 1 aliphatic heterocycles. The number of hydrogen-bond acceptors (Lipinski definition) is 3. The van der Waals surface area contributed by atoms with Crippen LogP contribution >= 0.6 is 11.8 Å². The zero-order valence-electron chi connectivity index (χ0n) is 10.6. The monoisotopic (exact) mass is 276 g/mol. The maximum atomic E-state index is 14.1. The molecular formula is C15H13FO2S. The second-order valence-corrected chi connectivity index (χ2v) is 5.60. The minimum atomic E-state index is -0.312. The molecule has 3 rings (SSSR count). The molecule has 0 spiro atoms. The molecule has 2 aromatic rings. The molecule has 0 saturated carbocycles. The minimum Gasteiger partial charge on any atom is -0.491 e. The van der Waals surface area contributed by atoms with E-state index in [1.54, 1.807) is 6.07 Å². The maximum Gasteiger partial charge on any atom is 0.148 e. The van der Waals surface area contributed by atoms with Crippen LogP contribution in [-0.4, -0.2) is 6.10 Å². The fourth-order valence-corrected chi connectivity index (χ4v) is 2.84. The van der Waals surface area contributed by atoms with Crippen molar-refractivity contribution in [3.63, 3.8) is 0 Å². The van der Waals surface area contributed by atoms with Crippen molar-refractivity contribution in [2.24, 2.45) is 0 Å². The molecule has 0 radical (unpaired) electrons. The summed E-state index contributed by atoms with van der Waals surface area (Å²) >= 11 is 1.38. The van der Waals surface area contributed by atoms with E-state index in [-0.39, 0.29) is 11.9 Å². The summed E-state index contributed by atoms with van der Waals surface area (Å²) in [7, 11) is 0. The molecule has 0 aromatic heterocycles. The number of halogens is 1. The third-order valence-electron chi connectivity index (χ3n) is 2.64. The molecule has 4 heteroatoms. The molecular weight excluding hydrogens is 263 g/mol. The standard InChI is InChI=1S/C15H13FO2S/c1-9(2)17-10-7-11(16)15-13(8-10)18-12-5-3-4-6-14(12)19-15/h3-9H,1-2H3. The molecule has 2 aromatic carbocycles. The molecule has 0 fully saturated rings. The Balaban J connectivity index is 2.01. The molecule has 98 valence electrons. The van der Waals surface area contributed by atoms with E-state index in [1.807, 2.05) is 38.1 Å². The van der Waals surface area contributed by atoms with Gasteiger partial charge in [0.05, 0.1) is 15.9 Å². The first-order valence-corrected chi connectivity index (χ1v) is 6.90. The fraction of sp³-hybridized carbons (Fsp3) is 0.200. The summed E-state index contributed by atoms with van der Waals surface area (Å²) in [5.74, 6) is 1.44. The predicted molar refractivity (Wildman–Crippen MR) is 72.8 cm³/mol. The first kappa shape index (κ1) is 12.4. The van der Waals surface area contributed by atoms with Gasteiger partial charge in [-0.3, -0.25) is 0 Å². The SMILES string of the molecule is CC(C)Oc1cc(F)c2c(c1)Oc1ccccc1S2. The van der Waals surface area contributed by atoms with E-state index in [2.05, 4.69) is 0 Å². The number of fused-ring (bicyclic) bond motifs is 2. The summed E-state index contributed by atoms with van der Waals surface area (Å²) in [5, 5.41) is 0. The lowest BCUT2D eigenvalue weighted by Crippen LogP contribution is -2.06. The van der Waals surface area contributed by atoms with Crippen molar-refractivity contribution in [1.82, 2.24) is 0 Å². The third-order valence-corrected chi connectivity index (χ3v) is 3.79. The lowest BCUT2D eigenvalue weighted by Gasteiger charge is -2.21. The highest BCUT2D eigenvalue weighted by Crippen LogP contribution is 2.49. The van der Waals surface area contributed by atoms with Gasteiger partial charge in [0.15, 0.2) is 0 Å². The Kier molecular flexibility index (Phi) is 3.11. The average molecular weight is 276 g/mol. The number of rotatable bonds is 2.